The van der Waals surface area contributed by atoms with Gasteiger partial charge in [0.15, 0.2) is 5.82 Å². The summed E-state index contributed by atoms with van der Waals surface area (Å²) < 4.78 is 2.11. The van der Waals surface area contributed by atoms with Gasteiger partial charge in [-0.1, -0.05) is 13.0 Å². The first-order chi connectivity index (χ1) is 11.8. The molecule has 3 rings (SSSR count). The highest BCUT2D eigenvalue weighted by molar-refractivity contribution is 5.74. The van der Waals surface area contributed by atoms with Crippen LogP contribution in [0, 0.1) is 0 Å². The number of hydrogen-bond donors (Lipinski definition) is 1. The molecule has 1 aliphatic heterocycles. The molecule has 2 amide bonds. The summed E-state index contributed by atoms with van der Waals surface area (Å²) in [6.45, 7) is 4.85. The van der Waals surface area contributed by atoms with Crippen LogP contribution in [0.5, 0.6) is 0 Å². The Kier molecular flexibility index (Phi) is 5.40. The van der Waals surface area contributed by atoms with Gasteiger partial charge in [0.05, 0.1) is 6.54 Å². The fraction of sp³-hybridized carbons (Fsp3) is 0.529. The lowest BCUT2D eigenvalue weighted by atomic mass is 10.2. The van der Waals surface area contributed by atoms with Gasteiger partial charge in [0.25, 0.3) is 0 Å². The maximum absolute atomic E-state index is 12.5. The van der Waals surface area contributed by atoms with E-state index in [-0.39, 0.29) is 6.03 Å². The molecule has 1 N–H and O–H groups in total. The number of amides is 2. The predicted molar refractivity (Wildman–Crippen MR) is 90.4 cm³/mol. The van der Waals surface area contributed by atoms with E-state index in [1.165, 1.54) is 0 Å². The number of urea groups is 1. The van der Waals surface area contributed by atoms with Crippen molar-refractivity contribution in [2.24, 2.45) is 0 Å². The summed E-state index contributed by atoms with van der Waals surface area (Å²) >= 11 is 0. The van der Waals surface area contributed by atoms with Crippen molar-refractivity contribution < 1.29 is 4.79 Å². The van der Waals surface area contributed by atoms with Crippen LogP contribution in [0.2, 0.25) is 0 Å². The number of hydrogen-bond acceptors (Lipinski definition) is 4. The second-order valence-corrected chi connectivity index (χ2v) is 6.00. The number of aryl methyl sites for hydroxylation is 1. The molecule has 0 aliphatic carbocycles. The quantitative estimate of drug-likeness (QED) is 0.840. The molecule has 0 fully saturated rings. The molecule has 128 valence electrons. The zero-order chi connectivity index (χ0) is 16.8. The Morgan fingerprint density at radius 2 is 2.25 bits per heavy atom. The summed E-state index contributed by atoms with van der Waals surface area (Å²) in [6.07, 6.45) is 5.56. The highest BCUT2D eigenvalue weighted by atomic mass is 16.2. The van der Waals surface area contributed by atoms with E-state index in [0.717, 1.165) is 56.1 Å². The van der Waals surface area contributed by atoms with Crippen molar-refractivity contribution in [3.8, 4) is 0 Å². The molecule has 2 aromatic rings. The smallest absolute Gasteiger partial charge is 0.317 e. The first kappa shape index (κ1) is 16.4. The predicted octanol–water partition coefficient (Wildman–Crippen LogP) is 1.78. The van der Waals surface area contributed by atoms with E-state index in [0.29, 0.717) is 13.1 Å². The normalized spacial score (nSPS) is 12.9. The summed E-state index contributed by atoms with van der Waals surface area (Å²) in [5, 5.41) is 11.3. The average molecular weight is 328 g/mol. The number of carbonyl (C=O) groups excluding carboxylic acids is 1. The molecule has 0 spiro atoms. The maximum atomic E-state index is 12.5. The monoisotopic (exact) mass is 328 g/mol. The van der Waals surface area contributed by atoms with Crippen LogP contribution in [-0.2, 0) is 25.9 Å². The number of carbonyl (C=O) groups is 1. The molecule has 1 aliphatic rings. The van der Waals surface area contributed by atoms with Gasteiger partial charge in [-0.05, 0) is 25.0 Å². The Labute approximate surface area is 142 Å². The van der Waals surface area contributed by atoms with Gasteiger partial charge in [-0.15, -0.1) is 10.2 Å². The van der Waals surface area contributed by atoms with Crippen LogP contribution in [0.1, 0.15) is 37.1 Å². The summed E-state index contributed by atoms with van der Waals surface area (Å²) in [7, 11) is 0. The summed E-state index contributed by atoms with van der Waals surface area (Å²) in [6, 6.07) is 5.81. The zero-order valence-corrected chi connectivity index (χ0v) is 14.1. The second kappa shape index (κ2) is 7.90. The van der Waals surface area contributed by atoms with Crippen LogP contribution < -0.4 is 5.32 Å². The van der Waals surface area contributed by atoms with Crippen molar-refractivity contribution in [3.05, 3.63) is 41.7 Å². The number of nitrogens with one attached hydrogen (secondary N) is 1. The van der Waals surface area contributed by atoms with Crippen molar-refractivity contribution >= 4 is 6.03 Å². The Bertz CT molecular complexity index is 669. The number of aromatic nitrogens is 4. The van der Waals surface area contributed by atoms with Gasteiger partial charge >= 0.3 is 6.03 Å². The molecule has 0 unspecified atom stereocenters. The van der Waals surface area contributed by atoms with Gasteiger partial charge in [0.1, 0.15) is 5.82 Å². The third kappa shape index (κ3) is 3.90. The highest BCUT2D eigenvalue weighted by Crippen LogP contribution is 2.13. The van der Waals surface area contributed by atoms with Crippen LogP contribution in [0.4, 0.5) is 4.79 Å². The standard InChI is InChI=1S/C17H24N6O/c1-2-10-22(12-8-14-6-3-4-9-18-14)17(24)19-13-16-21-20-15-7-5-11-23(15)16/h3-4,6,9H,2,5,7-8,10-13H2,1H3,(H,19,24). The van der Waals surface area contributed by atoms with Crippen LogP contribution in [0.25, 0.3) is 0 Å². The fourth-order valence-electron chi connectivity index (χ4n) is 2.99. The van der Waals surface area contributed by atoms with E-state index < -0.39 is 0 Å². The molecule has 7 nitrogen and oxygen atoms in total. The van der Waals surface area contributed by atoms with E-state index in [4.69, 9.17) is 0 Å². The first-order valence-electron chi connectivity index (χ1n) is 8.61. The minimum absolute atomic E-state index is 0.0527. The van der Waals surface area contributed by atoms with E-state index >= 15 is 0 Å². The molecule has 0 bridgehead atoms. The minimum Gasteiger partial charge on any atom is -0.331 e. The van der Waals surface area contributed by atoms with Gasteiger partial charge in [0, 0.05) is 44.4 Å². The number of pyridine rings is 1. The van der Waals surface area contributed by atoms with Crippen LogP contribution in [-0.4, -0.2) is 43.8 Å². The largest absolute Gasteiger partial charge is 0.331 e. The number of nitrogens with zero attached hydrogens (tertiary/aromatic N) is 5. The second-order valence-electron chi connectivity index (χ2n) is 6.00. The minimum atomic E-state index is -0.0527. The van der Waals surface area contributed by atoms with Gasteiger partial charge in [-0.3, -0.25) is 4.98 Å². The van der Waals surface area contributed by atoms with Gasteiger partial charge in [-0.25, -0.2) is 4.79 Å². The van der Waals surface area contributed by atoms with Crippen molar-refractivity contribution in [2.45, 2.75) is 45.7 Å². The van der Waals surface area contributed by atoms with Crippen molar-refractivity contribution in [1.82, 2.24) is 30.0 Å². The fourth-order valence-corrected chi connectivity index (χ4v) is 2.99. The lowest BCUT2D eigenvalue weighted by Gasteiger charge is -2.22. The number of fused-ring (bicyclic) bond motifs is 1. The molecule has 0 saturated carbocycles. The molecular formula is C17H24N6O. The van der Waals surface area contributed by atoms with Crippen molar-refractivity contribution in [3.63, 3.8) is 0 Å². The Balaban J connectivity index is 1.53. The highest BCUT2D eigenvalue weighted by Gasteiger charge is 2.18. The average Bonchev–Trinajstić information content (AvgIpc) is 3.21. The first-order valence-corrected chi connectivity index (χ1v) is 8.61. The van der Waals surface area contributed by atoms with Gasteiger partial charge in [-0.2, -0.15) is 0 Å². The lowest BCUT2D eigenvalue weighted by Crippen LogP contribution is -2.41. The molecule has 0 aromatic carbocycles. The van der Waals surface area contributed by atoms with E-state index in [1.54, 1.807) is 6.20 Å². The molecular weight excluding hydrogens is 304 g/mol. The molecule has 0 saturated heterocycles. The third-order valence-electron chi connectivity index (χ3n) is 4.23. The topological polar surface area (TPSA) is 75.9 Å². The van der Waals surface area contributed by atoms with Crippen LogP contribution in [0.15, 0.2) is 24.4 Å². The van der Waals surface area contributed by atoms with E-state index in [1.807, 2.05) is 23.1 Å². The van der Waals surface area contributed by atoms with E-state index in [2.05, 4.69) is 32.0 Å². The summed E-state index contributed by atoms with van der Waals surface area (Å²) in [4.78, 5) is 18.6. The van der Waals surface area contributed by atoms with Crippen LogP contribution in [0.3, 0.4) is 0 Å². The van der Waals surface area contributed by atoms with Crippen molar-refractivity contribution in [1.29, 1.82) is 0 Å². The summed E-state index contributed by atoms with van der Waals surface area (Å²) in [5.74, 6) is 1.87. The maximum Gasteiger partial charge on any atom is 0.317 e. The van der Waals surface area contributed by atoms with Gasteiger partial charge in [0.2, 0.25) is 0 Å². The molecule has 24 heavy (non-hydrogen) atoms. The van der Waals surface area contributed by atoms with E-state index in [9.17, 15) is 4.79 Å². The Morgan fingerprint density at radius 3 is 3.04 bits per heavy atom. The van der Waals surface area contributed by atoms with Crippen molar-refractivity contribution in [2.75, 3.05) is 13.1 Å². The lowest BCUT2D eigenvalue weighted by molar-refractivity contribution is 0.197. The Morgan fingerprint density at radius 1 is 1.33 bits per heavy atom. The zero-order valence-electron chi connectivity index (χ0n) is 14.1. The van der Waals surface area contributed by atoms with Gasteiger partial charge < -0.3 is 14.8 Å². The molecule has 0 radical (unpaired) electrons. The molecule has 2 aromatic heterocycles. The molecule has 0 atom stereocenters. The summed E-state index contributed by atoms with van der Waals surface area (Å²) in [5.41, 5.74) is 1.00. The number of rotatable bonds is 7. The third-order valence-corrected chi connectivity index (χ3v) is 4.23. The Hall–Kier alpha value is -2.44. The molecule has 3 heterocycles. The SMILES string of the molecule is CCCN(CCc1ccccn1)C(=O)NCc1nnc2n1CCC2. The van der Waals surface area contributed by atoms with Crippen LogP contribution >= 0.6 is 0 Å². The molecule has 7 heteroatoms.